The summed E-state index contributed by atoms with van der Waals surface area (Å²) in [6.45, 7) is 6.95. The number of rotatable bonds is 6. The summed E-state index contributed by atoms with van der Waals surface area (Å²) in [6.07, 6.45) is 8.24. The Kier molecular flexibility index (Phi) is 5.68. The topological polar surface area (TPSA) is 68.5 Å². The molecule has 0 spiro atoms. The molecule has 1 N–H and O–H groups in total. The second-order valence-electron chi connectivity index (χ2n) is 7.00. The Morgan fingerprint density at radius 1 is 1.32 bits per heavy atom. The fraction of sp³-hybridized carbons (Fsp3) is 0.632. The summed E-state index contributed by atoms with van der Waals surface area (Å²) < 4.78 is 7.76. The molecule has 136 valence electrons. The van der Waals surface area contributed by atoms with Crippen molar-refractivity contribution >= 4 is 11.6 Å². The number of aryl methyl sites for hydroxylation is 2. The van der Waals surface area contributed by atoms with E-state index in [0.717, 1.165) is 56.5 Å². The smallest absolute Gasteiger partial charge is 0.274 e. The van der Waals surface area contributed by atoms with Crippen molar-refractivity contribution in [3.63, 3.8) is 0 Å². The van der Waals surface area contributed by atoms with Gasteiger partial charge in [0.05, 0.1) is 6.10 Å². The number of ether oxygens (including phenoxy) is 1. The molecular weight excluding hydrogens is 316 g/mol. The number of imidazole rings is 1. The zero-order valence-corrected chi connectivity index (χ0v) is 15.4. The van der Waals surface area contributed by atoms with Crippen molar-refractivity contribution < 1.29 is 9.53 Å². The van der Waals surface area contributed by atoms with Crippen molar-refractivity contribution in [1.82, 2.24) is 19.7 Å². The number of nitrogens with zero attached hydrogens (tertiary/aromatic N) is 3. The van der Waals surface area contributed by atoms with E-state index in [0.29, 0.717) is 17.4 Å². The van der Waals surface area contributed by atoms with Crippen LogP contribution >= 0.6 is 0 Å². The zero-order chi connectivity index (χ0) is 17.8. The average molecular weight is 344 g/mol. The molecule has 0 aromatic carbocycles. The van der Waals surface area contributed by atoms with Crippen LogP contribution in [0.2, 0.25) is 0 Å². The summed E-state index contributed by atoms with van der Waals surface area (Å²) in [4.78, 5) is 21.4. The van der Waals surface area contributed by atoms with E-state index in [2.05, 4.69) is 22.2 Å². The number of aromatic nitrogens is 3. The Labute approximate surface area is 149 Å². The SMILES string of the molecule is CCCCOC1CCC(NC(=O)c2ncn3c(C)cc(C)nc23)CC1. The van der Waals surface area contributed by atoms with Gasteiger partial charge in [-0.3, -0.25) is 9.20 Å². The predicted molar refractivity (Wildman–Crippen MR) is 96.8 cm³/mol. The minimum absolute atomic E-state index is 0.129. The molecule has 0 radical (unpaired) electrons. The van der Waals surface area contributed by atoms with Gasteiger partial charge in [0.2, 0.25) is 0 Å². The predicted octanol–water partition coefficient (Wildman–Crippen LogP) is 3.20. The molecule has 3 rings (SSSR count). The van der Waals surface area contributed by atoms with E-state index in [-0.39, 0.29) is 11.9 Å². The fourth-order valence-electron chi connectivity index (χ4n) is 3.46. The third kappa shape index (κ3) is 4.18. The third-order valence-corrected chi connectivity index (χ3v) is 4.90. The van der Waals surface area contributed by atoms with Crippen LogP contribution in [0.1, 0.15) is 67.3 Å². The zero-order valence-electron chi connectivity index (χ0n) is 15.4. The molecule has 1 aliphatic rings. The number of amides is 1. The van der Waals surface area contributed by atoms with Crippen molar-refractivity contribution in [2.75, 3.05) is 6.61 Å². The van der Waals surface area contributed by atoms with Gasteiger partial charge in [-0.15, -0.1) is 0 Å². The van der Waals surface area contributed by atoms with Crippen LogP contribution in [-0.2, 0) is 4.74 Å². The van der Waals surface area contributed by atoms with Crippen LogP contribution in [0.15, 0.2) is 12.4 Å². The van der Waals surface area contributed by atoms with E-state index in [1.165, 1.54) is 0 Å². The summed E-state index contributed by atoms with van der Waals surface area (Å²) in [7, 11) is 0. The quantitative estimate of drug-likeness (QED) is 0.817. The van der Waals surface area contributed by atoms with E-state index >= 15 is 0 Å². The molecule has 6 heteroatoms. The maximum Gasteiger partial charge on any atom is 0.274 e. The standard InChI is InChI=1S/C19H28N4O2/c1-4-5-10-25-16-8-6-15(7-9-16)22-19(24)17-18-21-13(2)11-14(3)23(18)12-20-17/h11-12,15-16H,4-10H2,1-3H3,(H,22,24). The molecule has 0 atom stereocenters. The first-order valence-corrected chi connectivity index (χ1v) is 9.32. The second kappa shape index (κ2) is 7.95. The number of hydrogen-bond acceptors (Lipinski definition) is 4. The number of nitrogens with one attached hydrogen (secondary N) is 1. The highest BCUT2D eigenvalue weighted by Crippen LogP contribution is 2.22. The monoisotopic (exact) mass is 344 g/mol. The molecule has 1 fully saturated rings. The minimum Gasteiger partial charge on any atom is -0.378 e. The molecule has 1 saturated carbocycles. The van der Waals surface area contributed by atoms with E-state index in [1.807, 2.05) is 24.3 Å². The first-order chi connectivity index (χ1) is 12.1. The van der Waals surface area contributed by atoms with Gasteiger partial charge in [0, 0.05) is 24.0 Å². The first-order valence-electron chi connectivity index (χ1n) is 9.32. The summed E-state index contributed by atoms with van der Waals surface area (Å²) in [5.74, 6) is -0.129. The Morgan fingerprint density at radius 3 is 2.80 bits per heavy atom. The van der Waals surface area contributed by atoms with Crippen molar-refractivity contribution in [2.24, 2.45) is 0 Å². The Bertz CT molecular complexity index is 732. The van der Waals surface area contributed by atoms with Crippen molar-refractivity contribution in [3.8, 4) is 0 Å². The average Bonchev–Trinajstić information content (AvgIpc) is 3.01. The molecule has 0 aliphatic heterocycles. The molecule has 25 heavy (non-hydrogen) atoms. The van der Waals surface area contributed by atoms with Gasteiger partial charge < -0.3 is 10.1 Å². The highest BCUT2D eigenvalue weighted by Gasteiger charge is 2.25. The minimum atomic E-state index is -0.129. The highest BCUT2D eigenvalue weighted by molar-refractivity contribution is 5.98. The van der Waals surface area contributed by atoms with Gasteiger partial charge in [-0.05, 0) is 52.0 Å². The van der Waals surface area contributed by atoms with Gasteiger partial charge >= 0.3 is 0 Å². The molecular formula is C19H28N4O2. The van der Waals surface area contributed by atoms with Crippen LogP contribution in [0.3, 0.4) is 0 Å². The van der Waals surface area contributed by atoms with Gasteiger partial charge in [0.1, 0.15) is 6.33 Å². The lowest BCUT2D eigenvalue weighted by atomic mass is 9.93. The van der Waals surface area contributed by atoms with Crippen molar-refractivity contribution in [3.05, 3.63) is 29.5 Å². The Hall–Kier alpha value is -1.95. The molecule has 2 aromatic heterocycles. The van der Waals surface area contributed by atoms with Crippen LogP contribution in [0.25, 0.3) is 5.65 Å². The van der Waals surface area contributed by atoms with Crippen LogP contribution in [0.4, 0.5) is 0 Å². The fourth-order valence-corrected chi connectivity index (χ4v) is 3.46. The number of fused-ring (bicyclic) bond motifs is 1. The lowest BCUT2D eigenvalue weighted by molar-refractivity contribution is 0.0209. The molecule has 2 heterocycles. The Morgan fingerprint density at radius 2 is 2.08 bits per heavy atom. The largest absolute Gasteiger partial charge is 0.378 e. The maximum atomic E-state index is 12.6. The molecule has 0 saturated heterocycles. The molecule has 0 unspecified atom stereocenters. The molecule has 1 aliphatic carbocycles. The second-order valence-corrected chi connectivity index (χ2v) is 7.00. The van der Waals surface area contributed by atoms with E-state index in [1.54, 1.807) is 6.33 Å². The lowest BCUT2D eigenvalue weighted by Gasteiger charge is -2.29. The maximum absolute atomic E-state index is 12.6. The van der Waals surface area contributed by atoms with Crippen LogP contribution < -0.4 is 5.32 Å². The van der Waals surface area contributed by atoms with Gasteiger partial charge in [0.15, 0.2) is 11.3 Å². The van der Waals surface area contributed by atoms with E-state index in [9.17, 15) is 4.79 Å². The van der Waals surface area contributed by atoms with E-state index in [4.69, 9.17) is 4.74 Å². The van der Waals surface area contributed by atoms with Crippen molar-refractivity contribution in [1.29, 1.82) is 0 Å². The molecule has 2 aromatic rings. The van der Waals surface area contributed by atoms with Crippen molar-refractivity contribution in [2.45, 2.75) is 71.4 Å². The van der Waals surface area contributed by atoms with Gasteiger partial charge in [-0.1, -0.05) is 13.3 Å². The highest BCUT2D eigenvalue weighted by atomic mass is 16.5. The number of carbonyl (C=O) groups is 1. The number of unbranched alkanes of at least 4 members (excludes halogenated alkanes) is 1. The van der Waals surface area contributed by atoms with Crippen LogP contribution in [0, 0.1) is 13.8 Å². The van der Waals surface area contributed by atoms with E-state index < -0.39 is 0 Å². The van der Waals surface area contributed by atoms with Gasteiger partial charge in [-0.25, -0.2) is 9.97 Å². The summed E-state index contributed by atoms with van der Waals surface area (Å²) in [5.41, 5.74) is 2.96. The van der Waals surface area contributed by atoms with Gasteiger partial charge in [0.25, 0.3) is 5.91 Å². The third-order valence-electron chi connectivity index (χ3n) is 4.90. The summed E-state index contributed by atoms with van der Waals surface area (Å²) in [6, 6.07) is 2.18. The molecule has 6 nitrogen and oxygen atoms in total. The number of hydrogen-bond donors (Lipinski definition) is 1. The van der Waals surface area contributed by atoms with Crippen LogP contribution in [0.5, 0.6) is 0 Å². The van der Waals surface area contributed by atoms with Crippen LogP contribution in [-0.4, -0.2) is 39.0 Å². The number of carbonyl (C=O) groups excluding carboxylic acids is 1. The summed E-state index contributed by atoms with van der Waals surface area (Å²) >= 11 is 0. The summed E-state index contributed by atoms with van der Waals surface area (Å²) in [5, 5.41) is 3.13. The van der Waals surface area contributed by atoms with Gasteiger partial charge in [-0.2, -0.15) is 0 Å². The Balaban J connectivity index is 1.59. The molecule has 0 bridgehead atoms. The lowest BCUT2D eigenvalue weighted by Crippen LogP contribution is -2.39. The first kappa shape index (κ1) is 17.9. The normalized spacial score (nSPS) is 20.8. The molecule has 1 amide bonds.